The average Bonchev–Trinajstić information content (AvgIpc) is 3.09. The van der Waals surface area contributed by atoms with Gasteiger partial charge in [-0.25, -0.2) is 0 Å². The number of aliphatic hydroxyl groups is 1. The van der Waals surface area contributed by atoms with Crippen LogP contribution in [0.2, 0.25) is 0 Å². The first-order valence-corrected chi connectivity index (χ1v) is 12.4. The van der Waals surface area contributed by atoms with Gasteiger partial charge in [-0.2, -0.15) is 23.5 Å². The van der Waals surface area contributed by atoms with E-state index in [1.807, 2.05) is 23.1 Å². The predicted molar refractivity (Wildman–Crippen MR) is 115 cm³/mol. The molecule has 0 spiro atoms. The van der Waals surface area contributed by atoms with Crippen LogP contribution in [-0.2, 0) is 6.42 Å². The molecule has 4 nitrogen and oxygen atoms in total. The number of fused-ring (bicyclic) bond motifs is 1. The molecular weight excluding hydrogens is 376 g/mol. The Hall–Kier alpha value is -0.690. The second-order valence-electron chi connectivity index (χ2n) is 8.15. The number of likely N-dealkylation sites (tertiary alicyclic amines) is 2. The molecule has 148 valence electrons. The Labute approximate surface area is 171 Å². The van der Waals surface area contributed by atoms with Gasteiger partial charge in [0.2, 0.25) is 0 Å². The zero-order chi connectivity index (χ0) is 18.9. The number of aliphatic hydroxyl groups excluding tert-OH is 1. The fraction of sp³-hybridized carbons (Fsp3) is 0.667. The van der Waals surface area contributed by atoms with Crippen LogP contribution >= 0.6 is 23.5 Å². The average molecular weight is 407 g/mol. The van der Waals surface area contributed by atoms with Gasteiger partial charge >= 0.3 is 0 Å². The Balaban J connectivity index is 1.47. The van der Waals surface area contributed by atoms with E-state index < -0.39 is 0 Å². The quantitative estimate of drug-likeness (QED) is 0.832. The smallest absolute Gasteiger partial charge is 0.254 e. The van der Waals surface area contributed by atoms with E-state index in [2.05, 4.69) is 41.4 Å². The van der Waals surface area contributed by atoms with Crippen molar-refractivity contribution >= 4 is 29.4 Å². The van der Waals surface area contributed by atoms with Crippen molar-refractivity contribution < 1.29 is 9.90 Å². The Kier molecular flexibility index (Phi) is 6.07. The summed E-state index contributed by atoms with van der Waals surface area (Å²) in [6.07, 6.45) is 0.870. The van der Waals surface area contributed by atoms with E-state index in [-0.39, 0.29) is 17.9 Å². The van der Waals surface area contributed by atoms with E-state index in [1.54, 1.807) is 0 Å². The van der Waals surface area contributed by atoms with Gasteiger partial charge in [0, 0.05) is 66.2 Å². The molecule has 1 aromatic rings. The van der Waals surface area contributed by atoms with E-state index in [1.165, 1.54) is 23.0 Å². The predicted octanol–water partition coefficient (Wildman–Crippen LogP) is 2.46. The summed E-state index contributed by atoms with van der Waals surface area (Å²) in [6.45, 7) is 5.70. The molecule has 1 aromatic carbocycles. The molecule has 0 aliphatic carbocycles. The lowest BCUT2D eigenvalue weighted by atomic mass is 9.82. The molecule has 3 fully saturated rings. The molecule has 3 aliphatic rings. The molecule has 2 unspecified atom stereocenters. The summed E-state index contributed by atoms with van der Waals surface area (Å²) >= 11 is 4.13. The van der Waals surface area contributed by atoms with Crippen molar-refractivity contribution in [1.29, 1.82) is 0 Å². The van der Waals surface area contributed by atoms with Gasteiger partial charge in [0.15, 0.2) is 0 Å². The first kappa shape index (κ1) is 19.6. The summed E-state index contributed by atoms with van der Waals surface area (Å²) in [5, 5.41) is 10.3. The molecule has 4 rings (SSSR count). The van der Waals surface area contributed by atoms with E-state index in [0.717, 1.165) is 37.2 Å². The maximum absolute atomic E-state index is 13.2. The minimum absolute atomic E-state index is 0.140. The number of carbonyl (C=O) groups excluding carboxylic acids is 1. The molecular formula is C21H30N2O2S2. The van der Waals surface area contributed by atoms with E-state index in [0.29, 0.717) is 18.5 Å². The van der Waals surface area contributed by atoms with Crippen molar-refractivity contribution in [2.45, 2.75) is 19.4 Å². The second-order valence-corrected chi connectivity index (χ2v) is 10.4. The minimum atomic E-state index is -0.140. The third-order valence-corrected chi connectivity index (χ3v) is 9.01. The lowest BCUT2D eigenvalue weighted by molar-refractivity contribution is 0.0712. The highest BCUT2D eigenvalue weighted by Gasteiger charge is 2.54. The molecule has 0 bridgehead atoms. The Morgan fingerprint density at radius 1 is 1.19 bits per heavy atom. The van der Waals surface area contributed by atoms with Crippen LogP contribution in [0, 0.1) is 11.3 Å². The van der Waals surface area contributed by atoms with Gasteiger partial charge < -0.3 is 10.0 Å². The van der Waals surface area contributed by atoms with Gasteiger partial charge in [0.1, 0.15) is 0 Å². The maximum atomic E-state index is 13.2. The molecule has 0 aromatic heterocycles. The maximum Gasteiger partial charge on any atom is 0.254 e. The van der Waals surface area contributed by atoms with Crippen LogP contribution in [0.3, 0.4) is 0 Å². The number of aryl methyl sites for hydroxylation is 1. The van der Waals surface area contributed by atoms with Crippen LogP contribution in [0.5, 0.6) is 0 Å². The summed E-state index contributed by atoms with van der Waals surface area (Å²) in [5.74, 6) is 5.44. The Morgan fingerprint density at radius 3 is 2.59 bits per heavy atom. The lowest BCUT2D eigenvalue weighted by Crippen LogP contribution is -2.43. The zero-order valence-electron chi connectivity index (χ0n) is 16.1. The normalized spacial score (nSPS) is 29.7. The van der Waals surface area contributed by atoms with Crippen molar-refractivity contribution in [3.63, 3.8) is 0 Å². The first-order chi connectivity index (χ1) is 13.2. The molecule has 6 heteroatoms. The summed E-state index contributed by atoms with van der Waals surface area (Å²) in [4.78, 5) is 17.8. The number of nitrogens with zero attached hydrogens (tertiary/aromatic N) is 2. The molecule has 0 radical (unpaired) electrons. The standard InChI is InChI=1S/C21H30N2O2S2/c1-2-16-5-3-4-6-19(16)20(25)23-10-17-9-22(13-21(17,14-23)15-24)18-11-26-7-8-27-12-18/h3-6,17-18,24H,2,7-15H2,1H3. The first-order valence-electron chi connectivity index (χ1n) is 10.0. The lowest BCUT2D eigenvalue weighted by Gasteiger charge is -2.31. The van der Waals surface area contributed by atoms with E-state index in [4.69, 9.17) is 0 Å². The third kappa shape index (κ3) is 3.78. The monoisotopic (exact) mass is 406 g/mol. The number of carbonyl (C=O) groups is 1. The molecule has 27 heavy (non-hydrogen) atoms. The van der Waals surface area contributed by atoms with Gasteiger partial charge in [-0.05, 0) is 24.0 Å². The molecule has 3 aliphatic heterocycles. The molecule has 3 heterocycles. The van der Waals surface area contributed by atoms with Crippen LogP contribution in [-0.4, -0.2) is 82.7 Å². The molecule has 1 N–H and O–H groups in total. The third-order valence-electron chi connectivity index (χ3n) is 6.53. The van der Waals surface area contributed by atoms with Crippen molar-refractivity contribution in [1.82, 2.24) is 9.80 Å². The molecule has 1 amide bonds. The molecule has 3 saturated heterocycles. The Bertz CT molecular complexity index is 678. The highest BCUT2D eigenvalue weighted by atomic mass is 32.2. The van der Waals surface area contributed by atoms with Gasteiger partial charge in [0.25, 0.3) is 5.91 Å². The zero-order valence-corrected chi connectivity index (χ0v) is 17.7. The van der Waals surface area contributed by atoms with Crippen LogP contribution in [0.1, 0.15) is 22.8 Å². The number of hydrogen-bond donors (Lipinski definition) is 1. The fourth-order valence-electron chi connectivity index (χ4n) is 4.90. The number of hydrogen-bond acceptors (Lipinski definition) is 5. The van der Waals surface area contributed by atoms with Crippen molar-refractivity contribution in [2.75, 3.05) is 55.8 Å². The van der Waals surface area contributed by atoms with E-state index >= 15 is 0 Å². The largest absolute Gasteiger partial charge is 0.396 e. The number of benzene rings is 1. The second kappa shape index (κ2) is 8.36. The van der Waals surface area contributed by atoms with Crippen LogP contribution in [0.25, 0.3) is 0 Å². The molecule has 2 atom stereocenters. The van der Waals surface area contributed by atoms with Gasteiger partial charge in [-0.1, -0.05) is 25.1 Å². The SMILES string of the molecule is CCc1ccccc1C(=O)N1CC2CN(C3CSCCSC3)CC2(CO)C1. The van der Waals surface area contributed by atoms with E-state index in [9.17, 15) is 9.90 Å². The Morgan fingerprint density at radius 2 is 1.93 bits per heavy atom. The van der Waals surface area contributed by atoms with Gasteiger partial charge in [-0.3, -0.25) is 9.69 Å². The highest BCUT2D eigenvalue weighted by Crippen LogP contribution is 2.44. The van der Waals surface area contributed by atoms with Crippen molar-refractivity contribution in [3.8, 4) is 0 Å². The number of thioether (sulfide) groups is 2. The topological polar surface area (TPSA) is 43.8 Å². The number of rotatable bonds is 4. The summed E-state index contributed by atoms with van der Waals surface area (Å²) < 4.78 is 0. The van der Waals surface area contributed by atoms with Gasteiger partial charge in [0.05, 0.1) is 6.61 Å². The van der Waals surface area contributed by atoms with Crippen LogP contribution in [0.15, 0.2) is 24.3 Å². The summed E-state index contributed by atoms with van der Waals surface area (Å²) in [7, 11) is 0. The highest BCUT2D eigenvalue weighted by molar-refractivity contribution is 8.03. The minimum Gasteiger partial charge on any atom is -0.396 e. The summed E-state index contributed by atoms with van der Waals surface area (Å²) in [6, 6.07) is 8.57. The van der Waals surface area contributed by atoms with Crippen LogP contribution < -0.4 is 0 Å². The van der Waals surface area contributed by atoms with Gasteiger partial charge in [-0.15, -0.1) is 0 Å². The summed E-state index contributed by atoms with van der Waals surface area (Å²) in [5.41, 5.74) is 1.81. The van der Waals surface area contributed by atoms with Crippen LogP contribution in [0.4, 0.5) is 0 Å². The van der Waals surface area contributed by atoms with Crippen molar-refractivity contribution in [3.05, 3.63) is 35.4 Å². The fourth-order valence-corrected chi connectivity index (χ4v) is 7.53. The number of amides is 1. The van der Waals surface area contributed by atoms with Crippen molar-refractivity contribution in [2.24, 2.45) is 11.3 Å². The molecule has 0 saturated carbocycles.